The van der Waals surface area contributed by atoms with Gasteiger partial charge in [-0.2, -0.15) is 0 Å². The van der Waals surface area contributed by atoms with E-state index in [0.29, 0.717) is 17.5 Å². The standard InChI is InChI=1S/C51H45N4O.C19H26NSi.Ir/c1-31-23-24-39-44(52-31)27-28-45-47(39)55(46-41(34-17-8-6-9-18-34)29-36(51(3,4)5)30-42(46)35-19-10-7-11-20-35)49(53-45)40-22-14-21-37-38-25-26-43(54-50(38)56-48(37)40)32(2)33-15-12-13-16-33;1-6-15(2)12-17-13-18(16-10-8-7-9-11-16)20-14-19(17)21(3,4)5;/h6-11,14,17-21,23-30,32-33H,12-13,15-16H2,1-5H3;7-10,13-15H,6,12H2,1-5H3;/q2*-1;. The molecule has 6 aromatic carbocycles. The summed E-state index contributed by atoms with van der Waals surface area (Å²) in [6, 6.07) is 60.6. The van der Waals surface area contributed by atoms with E-state index in [0.717, 1.165) is 113 Å². The zero-order valence-electron chi connectivity index (χ0n) is 47.0. The summed E-state index contributed by atoms with van der Waals surface area (Å²) in [6.45, 7) is 23.0. The Kier molecular flexibility index (Phi) is 15.7. The number of fused-ring (bicyclic) bond motifs is 6. The molecule has 1 fully saturated rings. The molecule has 0 N–H and O–H groups in total. The number of benzene rings is 6. The zero-order chi connectivity index (χ0) is 53.6. The number of hydrogen-bond acceptors (Lipinski definition) is 5. The molecule has 6 nitrogen and oxygen atoms in total. The van der Waals surface area contributed by atoms with Gasteiger partial charge in [0, 0.05) is 65.5 Å². The molecule has 0 aliphatic heterocycles. The molecule has 0 bridgehead atoms. The van der Waals surface area contributed by atoms with Crippen molar-refractivity contribution in [2.75, 3.05) is 0 Å². The number of aryl methyl sites for hydroxylation is 1. The molecule has 1 aliphatic rings. The second-order valence-electron chi connectivity index (χ2n) is 23.7. The minimum absolute atomic E-state index is 0. The Balaban J connectivity index is 0.000000264. The molecule has 12 rings (SSSR count). The van der Waals surface area contributed by atoms with Crippen molar-refractivity contribution in [1.29, 1.82) is 0 Å². The van der Waals surface area contributed by atoms with E-state index in [1.165, 1.54) is 48.4 Å². The van der Waals surface area contributed by atoms with E-state index in [1.54, 1.807) is 0 Å². The molecule has 2 atom stereocenters. The van der Waals surface area contributed by atoms with Crippen molar-refractivity contribution < 1.29 is 24.5 Å². The summed E-state index contributed by atoms with van der Waals surface area (Å²) in [6.07, 6.45) is 9.66. The van der Waals surface area contributed by atoms with Crippen molar-refractivity contribution >= 4 is 57.3 Å². The van der Waals surface area contributed by atoms with Crippen LogP contribution in [0.3, 0.4) is 0 Å². The van der Waals surface area contributed by atoms with Crippen LogP contribution in [0.4, 0.5) is 0 Å². The van der Waals surface area contributed by atoms with E-state index in [1.807, 2.05) is 31.2 Å². The number of aromatic nitrogens is 5. The number of imidazole rings is 1. The summed E-state index contributed by atoms with van der Waals surface area (Å²) in [5.41, 5.74) is 17.4. The minimum Gasteiger partial charge on any atom is -0.486 e. The van der Waals surface area contributed by atoms with Crippen LogP contribution in [0.15, 0.2) is 162 Å². The zero-order valence-corrected chi connectivity index (χ0v) is 50.4. The van der Waals surface area contributed by atoms with E-state index in [-0.39, 0.29) is 25.5 Å². The monoisotopic (exact) mass is 1220 g/mol. The molecular formula is C70H71IrN5OSi-2. The van der Waals surface area contributed by atoms with Gasteiger partial charge in [0.2, 0.25) is 5.71 Å². The molecule has 78 heavy (non-hydrogen) atoms. The fourth-order valence-electron chi connectivity index (χ4n) is 11.6. The van der Waals surface area contributed by atoms with Crippen LogP contribution in [0.1, 0.15) is 102 Å². The van der Waals surface area contributed by atoms with Gasteiger partial charge in [-0.3, -0.25) is 9.97 Å². The van der Waals surface area contributed by atoms with Gasteiger partial charge in [0.15, 0.2) is 0 Å². The van der Waals surface area contributed by atoms with E-state index >= 15 is 0 Å². The summed E-state index contributed by atoms with van der Waals surface area (Å²) >= 11 is 0. The topological polar surface area (TPSA) is 69.6 Å². The van der Waals surface area contributed by atoms with Gasteiger partial charge in [-0.05, 0) is 120 Å². The van der Waals surface area contributed by atoms with Gasteiger partial charge in [0.05, 0.1) is 41.7 Å². The minimum atomic E-state index is -1.35. The smallest absolute Gasteiger partial charge is 0.216 e. The third kappa shape index (κ3) is 10.8. The molecule has 1 saturated carbocycles. The van der Waals surface area contributed by atoms with Crippen LogP contribution in [-0.4, -0.2) is 32.6 Å². The summed E-state index contributed by atoms with van der Waals surface area (Å²) in [5, 5.41) is 4.56. The van der Waals surface area contributed by atoms with Crippen molar-refractivity contribution in [1.82, 2.24) is 24.5 Å². The van der Waals surface area contributed by atoms with Crippen LogP contribution in [0, 0.1) is 30.9 Å². The Morgan fingerprint density at radius 1 is 0.705 bits per heavy atom. The summed E-state index contributed by atoms with van der Waals surface area (Å²) < 4.78 is 9.23. The van der Waals surface area contributed by atoms with Gasteiger partial charge >= 0.3 is 0 Å². The Labute approximate surface area is 476 Å². The predicted octanol–water partition coefficient (Wildman–Crippen LogP) is 18.2. The van der Waals surface area contributed by atoms with Crippen LogP contribution in [-0.2, 0) is 31.9 Å². The Morgan fingerprint density at radius 2 is 1.37 bits per heavy atom. The van der Waals surface area contributed by atoms with E-state index in [4.69, 9.17) is 24.4 Å². The molecule has 8 heteroatoms. The Hall–Kier alpha value is -6.83. The van der Waals surface area contributed by atoms with Crippen molar-refractivity contribution in [2.24, 2.45) is 11.8 Å². The maximum Gasteiger partial charge on any atom is 0.216 e. The molecular weight excluding hydrogens is 1150 g/mol. The first-order valence-corrected chi connectivity index (χ1v) is 31.4. The predicted molar refractivity (Wildman–Crippen MR) is 325 cm³/mol. The molecule has 5 heterocycles. The van der Waals surface area contributed by atoms with Gasteiger partial charge in [-0.1, -0.05) is 164 Å². The molecule has 1 radical (unpaired) electrons. The van der Waals surface area contributed by atoms with Crippen molar-refractivity contribution in [3.05, 3.63) is 193 Å². The maximum atomic E-state index is 6.87. The van der Waals surface area contributed by atoms with E-state index in [9.17, 15) is 0 Å². The normalized spacial score (nSPS) is 13.9. The molecule has 0 saturated heterocycles. The number of rotatable bonds is 11. The first-order chi connectivity index (χ1) is 37.1. The van der Waals surface area contributed by atoms with E-state index < -0.39 is 8.07 Å². The molecule has 0 spiro atoms. The first kappa shape index (κ1) is 54.5. The number of pyridine rings is 3. The molecule has 1 aliphatic carbocycles. The van der Waals surface area contributed by atoms with Gasteiger partial charge in [-0.25, -0.2) is 4.98 Å². The summed E-state index contributed by atoms with van der Waals surface area (Å²) in [4.78, 5) is 20.4. The maximum absolute atomic E-state index is 6.87. The van der Waals surface area contributed by atoms with Crippen LogP contribution in [0.2, 0.25) is 19.6 Å². The average Bonchev–Trinajstić information content (AvgIpc) is 4.41. The van der Waals surface area contributed by atoms with Gasteiger partial charge in [-0.15, -0.1) is 54.1 Å². The SMILES string of the molecule is CCC(C)Cc1cc(-c2[c-]cccc2)ncc1[Si](C)(C)C.Cc1ccc2c(ccc3nc(-c4[c-]ccc5c4oc4nc(C(C)C6CCCC6)ccc45)n(-c4c(-c5ccccc5)cc(C(C)(C)C)cc4-c4ccccc4)c32)n1.[Ir]. The van der Waals surface area contributed by atoms with Gasteiger partial charge in [0.1, 0.15) is 0 Å². The van der Waals surface area contributed by atoms with Crippen molar-refractivity contribution in [3.63, 3.8) is 0 Å². The fraction of sp³-hybridized carbons (Fsp3) is 0.286. The average molecular weight is 1220 g/mol. The Morgan fingerprint density at radius 3 is 2.01 bits per heavy atom. The van der Waals surface area contributed by atoms with Gasteiger partial charge in [0.25, 0.3) is 0 Å². The van der Waals surface area contributed by atoms with Crippen molar-refractivity contribution in [2.45, 2.75) is 118 Å². The summed E-state index contributed by atoms with van der Waals surface area (Å²) in [7, 11) is -1.35. The second kappa shape index (κ2) is 22.5. The molecule has 2 unspecified atom stereocenters. The Bertz CT molecular complexity index is 3840. The quantitative estimate of drug-likeness (QED) is 0.0953. The molecule has 5 aromatic heterocycles. The first-order valence-electron chi connectivity index (χ1n) is 27.9. The van der Waals surface area contributed by atoms with E-state index in [2.05, 4.69) is 211 Å². The largest absolute Gasteiger partial charge is 0.486 e. The van der Waals surface area contributed by atoms with Crippen LogP contribution < -0.4 is 5.19 Å². The van der Waals surface area contributed by atoms with Crippen LogP contribution in [0.5, 0.6) is 0 Å². The molecule has 397 valence electrons. The van der Waals surface area contributed by atoms with Crippen LogP contribution >= 0.6 is 0 Å². The molecule has 0 amide bonds. The van der Waals surface area contributed by atoms with Crippen molar-refractivity contribution in [3.8, 4) is 50.6 Å². The van der Waals surface area contributed by atoms with Crippen LogP contribution in [0.25, 0.3) is 94.6 Å². The summed E-state index contributed by atoms with van der Waals surface area (Å²) in [5.74, 6) is 2.54. The number of nitrogens with zero attached hydrogens (tertiary/aromatic N) is 5. The van der Waals surface area contributed by atoms with Gasteiger partial charge < -0.3 is 14.0 Å². The third-order valence-electron chi connectivity index (χ3n) is 16.2. The number of furan rings is 1. The number of hydrogen-bond donors (Lipinski definition) is 0. The fourth-order valence-corrected chi connectivity index (χ4v) is 13.1. The second-order valence-corrected chi connectivity index (χ2v) is 28.8. The third-order valence-corrected chi connectivity index (χ3v) is 18.2. The molecule has 11 aromatic rings.